The highest BCUT2D eigenvalue weighted by Gasteiger charge is 2.22. The van der Waals surface area contributed by atoms with Crippen molar-refractivity contribution in [2.75, 3.05) is 17.2 Å². The van der Waals surface area contributed by atoms with E-state index >= 15 is 0 Å². The molecule has 0 aliphatic carbocycles. The SMILES string of the molecule is Cc1ccc(-n2nc(C(C)(C)C)cc2NC(=O)Nc2ccc(C#COC3CCCCO3)c3ccccc23)cc1. The second-order valence-corrected chi connectivity index (χ2v) is 10.8. The molecule has 0 radical (unpaired) electrons. The van der Waals surface area contributed by atoms with Crippen molar-refractivity contribution >= 4 is 28.3 Å². The number of rotatable bonds is 4. The van der Waals surface area contributed by atoms with Gasteiger partial charge in [0.2, 0.25) is 6.29 Å². The number of nitrogens with zero attached hydrogens (tertiary/aromatic N) is 2. The summed E-state index contributed by atoms with van der Waals surface area (Å²) in [4.78, 5) is 13.2. The number of amides is 2. The van der Waals surface area contributed by atoms with Crippen LogP contribution in [0.5, 0.6) is 0 Å². The van der Waals surface area contributed by atoms with E-state index in [2.05, 4.69) is 43.4 Å². The maximum Gasteiger partial charge on any atom is 0.324 e. The van der Waals surface area contributed by atoms with E-state index in [9.17, 15) is 4.79 Å². The van der Waals surface area contributed by atoms with Crippen molar-refractivity contribution in [3.63, 3.8) is 0 Å². The number of carbonyl (C=O) groups excluding carboxylic acids is 1. The summed E-state index contributed by atoms with van der Waals surface area (Å²) in [6, 6.07) is 21.2. The Kier molecular flexibility index (Phi) is 7.58. The first kappa shape index (κ1) is 26.3. The molecule has 200 valence electrons. The summed E-state index contributed by atoms with van der Waals surface area (Å²) in [5.74, 6) is 3.70. The summed E-state index contributed by atoms with van der Waals surface area (Å²) in [6.07, 6.45) is 5.54. The molecule has 1 aromatic heterocycles. The molecule has 7 heteroatoms. The molecule has 1 saturated heterocycles. The molecular formula is C32H34N4O3. The van der Waals surface area contributed by atoms with Crippen molar-refractivity contribution < 1.29 is 14.3 Å². The van der Waals surface area contributed by atoms with Crippen LogP contribution in [0.3, 0.4) is 0 Å². The Morgan fingerprint density at radius 3 is 2.51 bits per heavy atom. The van der Waals surface area contributed by atoms with Crippen molar-refractivity contribution in [1.29, 1.82) is 0 Å². The van der Waals surface area contributed by atoms with Gasteiger partial charge in [-0.3, -0.25) is 5.32 Å². The third-order valence-electron chi connectivity index (χ3n) is 6.68. The Morgan fingerprint density at radius 1 is 1.03 bits per heavy atom. The molecule has 1 atom stereocenters. The second-order valence-electron chi connectivity index (χ2n) is 10.8. The Labute approximate surface area is 229 Å². The fraction of sp³-hybridized carbons (Fsp3) is 0.312. The fourth-order valence-corrected chi connectivity index (χ4v) is 4.46. The zero-order chi connectivity index (χ0) is 27.4. The molecule has 4 aromatic rings. The van der Waals surface area contributed by atoms with Crippen LogP contribution >= 0.6 is 0 Å². The summed E-state index contributed by atoms with van der Waals surface area (Å²) < 4.78 is 13.0. The predicted octanol–water partition coefficient (Wildman–Crippen LogP) is 7.13. The van der Waals surface area contributed by atoms with Crippen LogP contribution in [0.25, 0.3) is 16.5 Å². The van der Waals surface area contributed by atoms with Gasteiger partial charge in [-0.15, -0.1) is 0 Å². The van der Waals surface area contributed by atoms with Crippen molar-refractivity contribution in [2.24, 2.45) is 0 Å². The van der Waals surface area contributed by atoms with Crippen molar-refractivity contribution in [1.82, 2.24) is 9.78 Å². The summed E-state index contributed by atoms with van der Waals surface area (Å²) in [7, 11) is 0. The standard InChI is InChI=1S/C32H34N4O3/c1-22-12-15-24(16-13-22)36-29(21-28(35-36)32(2,3)4)34-31(37)33-27-17-14-23(25-9-5-6-10-26(25)27)18-20-39-30-11-7-8-19-38-30/h5-6,9-10,12-17,21,30H,7-8,11,19H2,1-4H3,(H2,33,34,37). The normalized spacial score (nSPS) is 15.3. The van der Waals surface area contributed by atoms with Crippen LogP contribution in [0.2, 0.25) is 0 Å². The lowest BCUT2D eigenvalue weighted by atomic mass is 9.92. The molecule has 1 aliphatic rings. The van der Waals surface area contributed by atoms with Gasteiger partial charge in [-0.25, -0.2) is 9.48 Å². The number of aryl methyl sites for hydroxylation is 1. The molecule has 2 amide bonds. The van der Waals surface area contributed by atoms with E-state index in [0.29, 0.717) is 18.1 Å². The Bertz CT molecular complexity index is 1530. The third-order valence-corrected chi connectivity index (χ3v) is 6.68. The molecule has 7 nitrogen and oxygen atoms in total. The average Bonchev–Trinajstić information content (AvgIpc) is 3.35. The number of benzene rings is 3. The predicted molar refractivity (Wildman–Crippen MR) is 155 cm³/mol. The molecule has 39 heavy (non-hydrogen) atoms. The zero-order valence-electron chi connectivity index (χ0n) is 22.9. The maximum absolute atomic E-state index is 13.2. The molecule has 2 heterocycles. The molecule has 5 rings (SSSR count). The maximum atomic E-state index is 13.2. The average molecular weight is 523 g/mol. The minimum absolute atomic E-state index is 0.178. The van der Waals surface area contributed by atoms with Gasteiger partial charge in [-0.2, -0.15) is 5.10 Å². The third kappa shape index (κ3) is 6.24. The smallest absolute Gasteiger partial charge is 0.324 e. The van der Waals surface area contributed by atoms with E-state index < -0.39 is 0 Å². The molecule has 2 N–H and O–H groups in total. The molecule has 3 aromatic carbocycles. The minimum Gasteiger partial charge on any atom is -0.414 e. The molecule has 1 fully saturated rings. The van der Waals surface area contributed by atoms with E-state index in [-0.39, 0.29) is 17.7 Å². The van der Waals surface area contributed by atoms with Crippen molar-refractivity contribution in [3.8, 4) is 17.7 Å². The van der Waals surface area contributed by atoms with Gasteiger partial charge in [-0.1, -0.05) is 62.7 Å². The van der Waals surface area contributed by atoms with Crippen LogP contribution in [0.1, 0.15) is 56.9 Å². The van der Waals surface area contributed by atoms with E-state index in [4.69, 9.17) is 14.6 Å². The Hall–Kier alpha value is -4.28. The van der Waals surface area contributed by atoms with Gasteiger partial charge in [0.15, 0.2) is 0 Å². The summed E-state index contributed by atoms with van der Waals surface area (Å²) in [5.41, 5.74) is 4.24. The van der Waals surface area contributed by atoms with Crippen LogP contribution in [-0.2, 0) is 14.9 Å². The van der Waals surface area contributed by atoms with Crippen LogP contribution in [0.4, 0.5) is 16.3 Å². The highest BCUT2D eigenvalue weighted by molar-refractivity contribution is 6.07. The number of nitrogens with one attached hydrogen (secondary N) is 2. The number of aromatic nitrogens is 2. The van der Waals surface area contributed by atoms with Gasteiger partial charge < -0.3 is 14.8 Å². The highest BCUT2D eigenvalue weighted by Crippen LogP contribution is 2.29. The molecular weight excluding hydrogens is 488 g/mol. The Morgan fingerprint density at radius 2 is 1.79 bits per heavy atom. The monoisotopic (exact) mass is 522 g/mol. The number of urea groups is 1. The second kappa shape index (κ2) is 11.2. The highest BCUT2D eigenvalue weighted by atomic mass is 16.7. The lowest BCUT2D eigenvalue weighted by Crippen LogP contribution is -2.21. The quantitative estimate of drug-likeness (QED) is 0.280. The number of hydrogen-bond acceptors (Lipinski definition) is 4. The number of carbonyl (C=O) groups is 1. The van der Waals surface area contributed by atoms with E-state index in [1.54, 1.807) is 4.68 Å². The topological polar surface area (TPSA) is 77.4 Å². The van der Waals surface area contributed by atoms with Gasteiger partial charge in [-0.05, 0) is 55.3 Å². The lowest BCUT2D eigenvalue weighted by molar-refractivity contribution is -0.121. The fourth-order valence-electron chi connectivity index (χ4n) is 4.46. The van der Waals surface area contributed by atoms with E-state index in [0.717, 1.165) is 52.5 Å². The van der Waals surface area contributed by atoms with Gasteiger partial charge in [0, 0.05) is 28.9 Å². The van der Waals surface area contributed by atoms with E-state index in [1.165, 1.54) is 0 Å². The molecule has 0 saturated carbocycles. The van der Waals surface area contributed by atoms with Gasteiger partial charge in [0.1, 0.15) is 11.9 Å². The van der Waals surface area contributed by atoms with Crippen molar-refractivity contribution in [2.45, 2.75) is 58.7 Å². The largest absolute Gasteiger partial charge is 0.414 e. The van der Waals surface area contributed by atoms with Crippen LogP contribution in [0.15, 0.2) is 66.7 Å². The Balaban J connectivity index is 1.38. The zero-order valence-corrected chi connectivity index (χ0v) is 22.9. The van der Waals surface area contributed by atoms with Crippen molar-refractivity contribution in [3.05, 3.63) is 83.6 Å². The summed E-state index contributed by atoms with van der Waals surface area (Å²) >= 11 is 0. The van der Waals surface area contributed by atoms with Gasteiger partial charge in [0.05, 0.1) is 23.7 Å². The van der Waals surface area contributed by atoms with Crippen LogP contribution in [-0.4, -0.2) is 28.7 Å². The number of ether oxygens (including phenoxy) is 2. The minimum atomic E-state index is -0.356. The first-order valence-corrected chi connectivity index (χ1v) is 13.3. The number of hydrogen-bond donors (Lipinski definition) is 2. The summed E-state index contributed by atoms with van der Waals surface area (Å²) in [6.45, 7) is 9.05. The van der Waals surface area contributed by atoms with Crippen LogP contribution < -0.4 is 10.6 Å². The van der Waals surface area contributed by atoms with Crippen LogP contribution in [0, 0.1) is 19.0 Å². The van der Waals surface area contributed by atoms with E-state index in [1.807, 2.05) is 73.7 Å². The first-order valence-electron chi connectivity index (χ1n) is 13.3. The van der Waals surface area contributed by atoms with Gasteiger partial charge in [0.25, 0.3) is 0 Å². The number of anilines is 2. The molecule has 0 bridgehead atoms. The lowest BCUT2D eigenvalue weighted by Gasteiger charge is -2.19. The first-order chi connectivity index (χ1) is 18.8. The molecule has 1 aliphatic heterocycles. The molecule has 1 unspecified atom stereocenters. The molecule has 0 spiro atoms. The van der Waals surface area contributed by atoms with Gasteiger partial charge >= 0.3 is 6.03 Å². The number of fused-ring (bicyclic) bond motifs is 1. The summed E-state index contributed by atoms with van der Waals surface area (Å²) in [5, 5.41) is 12.6.